The predicted octanol–water partition coefficient (Wildman–Crippen LogP) is 3.38. The topological polar surface area (TPSA) is 98.4 Å². The van der Waals surface area contributed by atoms with Crippen molar-refractivity contribution in [2.24, 2.45) is 5.92 Å². The SMILES string of the molecule is COCCCOc1cc(C(=O)N(C(C)C)C2CNC[C@@H](CNC(=O)c3cccc(OC)c3)C2)ccc1OC. The van der Waals surface area contributed by atoms with Gasteiger partial charge in [-0.3, -0.25) is 9.59 Å². The first-order valence-corrected chi connectivity index (χ1v) is 13.1. The van der Waals surface area contributed by atoms with Crippen LogP contribution in [0.5, 0.6) is 17.2 Å². The van der Waals surface area contributed by atoms with Gasteiger partial charge in [0.25, 0.3) is 11.8 Å². The smallest absolute Gasteiger partial charge is 0.254 e. The van der Waals surface area contributed by atoms with Crippen molar-refractivity contribution in [3.05, 3.63) is 53.6 Å². The summed E-state index contributed by atoms with van der Waals surface area (Å²) >= 11 is 0. The summed E-state index contributed by atoms with van der Waals surface area (Å²) in [5.41, 5.74) is 1.11. The highest BCUT2D eigenvalue weighted by molar-refractivity contribution is 5.95. The van der Waals surface area contributed by atoms with Crippen LogP contribution in [0.2, 0.25) is 0 Å². The largest absolute Gasteiger partial charge is 0.497 e. The summed E-state index contributed by atoms with van der Waals surface area (Å²) in [6.07, 6.45) is 1.52. The van der Waals surface area contributed by atoms with Crippen LogP contribution in [0.15, 0.2) is 42.5 Å². The van der Waals surface area contributed by atoms with Gasteiger partial charge in [0.05, 0.1) is 20.8 Å². The first-order chi connectivity index (χ1) is 18.4. The van der Waals surface area contributed by atoms with Gasteiger partial charge in [-0.1, -0.05) is 6.07 Å². The zero-order valence-electron chi connectivity index (χ0n) is 23.1. The fourth-order valence-corrected chi connectivity index (χ4v) is 4.76. The Morgan fingerprint density at radius 2 is 1.82 bits per heavy atom. The molecular weight excluding hydrogens is 486 g/mol. The second-order valence-electron chi connectivity index (χ2n) is 9.72. The molecule has 1 unspecified atom stereocenters. The summed E-state index contributed by atoms with van der Waals surface area (Å²) < 4.78 is 21.6. The zero-order chi connectivity index (χ0) is 27.5. The van der Waals surface area contributed by atoms with Crippen LogP contribution in [0, 0.1) is 5.92 Å². The van der Waals surface area contributed by atoms with E-state index in [2.05, 4.69) is 10.6 Å². The molecule has 2 aromatic carbocycles. The second kappa shape index (κ2) is 14.6. The van der Waals surface area contributed by atoms with Crippen LogP contribution in [-0.2, 0) is 4.74 Å². The van der Waals surface area contributed by atoms with Crippen LogP contribution in [0.25, 0.3) is 0 Å². The third-order valence-electron chi connectivity index (χ3n) is 6.65. The molecule has 1 aliphatic heterocycles. The summed E-state index contributed by atoms with van der Waals surface area (Å²) in [5, 5.41) is 6.50. The molecule has 1 fully saturated rings. The van der Waals surface area contributed by atoms with E-state index in [4.69, 9.17) is 18.9 Å². The minimum absolute atomic E-state index is 0.00685. The first-order valence-electron chi connectivity index (χ1n) is 13.1. The minimum Gasteiger partial charge on any atom is -0.497 e. The number of nitrogens with zero attached hydrogens (tertiary/aromatic N) is 1. The Morgan fingerprint density at radius 3 is 2.53 bits per heavy atom. The molecule has 3 rings (SSSR count). The molecule has 0 spiro atoms. The lowest BCUT2D eigenvalue weighted by Crippen LogP contribution is -2.55. The number of ether oxygens (including phenoxy) is 4. The van der Waals surface area contributed by atoms with E-state index in [1.54, 1.807) is 57.7 Å². The maximum absolute atomic E-state index is 13.7. The Morgan fingerprint density at radius 1 is 1.00 bits per heavy atom. The molecule has 2 N–H and O–H groups in total. The number of piperidine rings is 1. The summed E-state index contributed by atoms with van der Waals surface area (Å²) in [4.78, 5) is 28.3. The van der Waals surface area contributed by atoms with Gasteiger partial charge in [-0.05, 0) is 69.1 Å². The van der Waals surface area contributed by atoms with E-state index in [-0.39, 0.29) is 29.8 Å². The standard InChI is InChI=1S/C29H41N3O6/c1-20(2)32(29(34)23-10-11-26(37-5)27(16-23)38-13-7-12-35-3)24-14-21(17-30-19-24)18-31-28(33)22-8-6-9-25(15-22)36-4/h6,8-11,15-16,20-21,24,30H,7,12-14,17-19H2,1-5H3,(H,31,33)/t21-,24?/m0/s1. The number of amides is 2. The lowest BCUT2D eigenvalue weighted by atomic mass is 9.93. The van der Waals surface area contributed by atoms with Crippen molar-refractivity contribution in [1.82, 2.24) is 15.5 Å². The highest BCUT2D eigenvalue weighted by Crippen LogP contribution is 2.30. The van der Waals surface area contributed by atoms with Crippen molar-refractivity contribution < 1.29 is 28.5 Å². The Labute approximate surface area is 225 Å². The van der Waals surface area contributed by atoms with Crippen molar-refractivity contribution in [2.75, 3.05) is 54.2 Å². The Bertz CT molecular complexity index is 1060. The summed E-state index contributed by atoms with van der Waals surface area (Å²) in [6, 6.07) is 12.4. The van der Waals surface area contributed by atoms with Crippen LogP contribution >= 0.6 is 0 Å². The van der Waals surface area contributed by atoms with Crippen LogP contribution in [-0.4, -0.2) is 83.0 Å². The normalized spacial score (nSPS) is 17.1. The molecule has 38 heavy (non-hydrogen) atoms. The van der Waals surface area contributed by atoms with Crippen LogP contribution < -0.4 is 24.8 Å². The van der Waals surface area contributed by atoms with Gasteiger partial charge in [0.1, 0.15) is 5.75 Å². The van der Waals surface area contributed by atoms with Crippen molar-refractivity contribution in [2.45, 2.75) is 38.8 Å². The Balaban J connectivity index is 1.67. The van der Waals surface area contributed by atoms with Crippen LogP contribution in [0.3, 0.4) is 0 Å². The molecule has 0 bridgehead atoms. The van der Waals surface area contributed by atoms with Crippen LogP contribution in [0.4, 0.5) is 0 Å². The zero-order valence-corrected chi connectivity index (χ0v) is 23.1. The number of benzene rings is 2. The van der Waals surface area contributed by atoms with E-state index in [9.17, 15) is 9.59 Å². The second-order valence-corrected chi connectivity index (χ2v) is 9.72. The van der Waals surface area contributed by atoms with E-state index in [0.717, 1.165) is 19.4 Å². The fourth-order valence-electron chi connectivity index (χ4n) is 4.76. The van der Waals surface area contributed by atoms with E-state index in [1.165, 1.54) is 0 Å². The molecule has 0 saturated carbocycles. The number of rotatable bonds is 13. The molecule has 1 saturated heterocycles. The maximum Gasteiger partial charge on any atom is 0.254 e. The molecule has 2 aromatic rings. The third kappa shape index (κ3) is 7.85. The number of methoxy groups -OCH3 is 3. The number of carbonyl (C=O) groups excluding carboxylic acids is 2. The predicted molar refractivity (Wildman–Crippen MR) is 146 cm³/mol. The minimum atomic E-state index is -0.140. The van der Waals surface area contributed by atoms with Gasteiger partial charge in [0.2, 0.25) is 0 Å². The molecule has 0 radical (unpaired) electrons. The summed E-state index contributed by atoms with van der Waals surface area (Å²) in [7, 11) is 4.81. The molecular formula is C29H41N3O6. The average Bonchev–Trinajstić information content (AvgIpc) is 2.94. The number of nitrogens with one attached hydrogen (secondary N) is 2. The van der Waals surface area contributed by atoms with Gasteiger partial charge in [-0.2, -0.15) is 0 Å². The van der Waals surface area contributed by atoms with Gasteiger partial charge in [0, 0.05) is 56.4 Å². The number of carbonyl (C=O) groups is 2. The van der Waals surface area contributed by atoms with Crippen molar-refractivity contribution >= 4 is 11.8 Å². The van der Waals surface area contributed by atoms with E-state index < -0.39 is 0 Å². The van der Waals surface area contributed by atoms with Crippen molar-refractivity contribution in [3.63, 3.8) is 0 Å². The molecule has 208 valence electrons. The molecule has 1 aliphatic rings. The van der Waals surface area contributed by atoms with E-state index in [0.29, 0.717) is 54.7 Å². The van der Waals surface area contributed by atoms with Gasteiger partial charge < -0.3 is 34.5 Å². The summed E-state index contributed by atoms with van der Waals surface area (Å²) in [6.45, 7) is 7.10. The first kappa shape index (κ1) is 29.3. The van der Waals surface area contributed by atoms with E-state index >= 15 is 0 Å². The monoisotopic (exact) mass is 527 g/mol. The summed E-state index contributed by atoms with van der Waals surface area (Å²) in [5.74, 6) is 1.76. The van der Waals surface area contributed by atoms with Gasteiger partial charge in [-0.15, -0.1) is 0 Å². The molecule has 2 atom stereocenters. The molecule has 2 amide bonds. The maximum atomic E-state index is 13.7. The molecule has 9 nitrogen and oxygen atoms in total. The number of hydrogen-bond acceptors (Lipinski definition) is 7. The molecule has 0 aliphatic carbocycles. The molecule has 1 heterocycles. The Hall–Kier alpha value is -3.30. The third-order valence-corrected chi connectivity index (χ3v) is 6.65. The fraction of sp³-hybridized carbons (Fsp3) is 0.517. The Kier molecular flexibility index (Phi) is 11.2. The van der Waals surface area contributed by atoms with Gasteiger partial charge >= 0.3 is 0 Å². The van der Waals surface area contributed by atoms with E-state index in [1.807, 2.05) is 24.8 Å². The molecule has 9 heteroatoms. The number of hydrogen-bond donors (Lipinski definition) is 2. The average molecular weight is 528 g/mol. The highest BCUT2D eigenvalue weighted by atomic mass is 16.5. The van der Waals surface area contributed by atoms with Crippen LogP contribution in [0.1, 0.15) is 47.4 Å². The van der Waals surface area contributed by atoms with Crippen molar-refractivity contribution in [1.29, 1.82) is 0 Å². The van der Waals surface area contributed by atoms with Crippen molar-refractivity contribution in [3.8, 4) is 17.2 Å². The lowest BCUT2D eigenvalue weighted by Gasteiger charge is -2.40. The highest BCUT2D eigenvalue weighted by Gasteiger charge is 2.32. The van der Waals surface area contributed by atoms with Gasteiger partial charge in [-0.25, -0.2) is 0 Å². The quantitative estimate of drug-likeness (QED) is 0.386. The van der Waals surface area contributed by atoms with Gasteiger partial charge in [0.15, 0.2) is 11.5 Å². The lowest BCUT2D eigenvalue weighted by molar-refractivity contribution is 0.0534. The molecule has 0 aromatic heterocycles.